The van der Waals surface area contributed by atoms with E-state index in [1.54, 1.807) is 12.1 Å². The molecule has 1 saturated heterocycles. The Balaban J connectivity index is 1.43. The van der Waals surface area contributed by atoms with Crippen LogP contribution in [-0.4, -0.2) is 55.1 Å². The molecule has 0 unspecified atom stereocenters. The summed E-state index contributed by atoms with van der Waals surface area (Å²) in [6.45, 7) is 4.79. The summed E-state index contributed by atoms with van der Waals surface area (Å²) < 4.78 is 13.1. The topological polar surface area (TPSA) is 64.7 Å². The van der Waals surface area contributed by atoms with E-state index in [1.165, 1.54) is 18.6 Å². The molecule has 1 saturated carbocycles. The summed E-state index contributed by atoms with van der Waals surface area (Å²) in [4.78, 5) is 28.7. The number of hydrogen-bond acceptors (Lipinski definition) is 4. The minimum absolute atomic E-state index is 0.182. The molecule has 27 heavy (non-hydrogen) atoms. The molecule has 1 aromatic carbocycles. The predicted molar refractivity (Wildman–Crippen MR) is 103 cm³/mol. The van der Waals surface area contributed by atoms with Crippen LogP contribution >= 0.6 is 0 Å². The number of nitrogens with one attached hydrogen (secondary N) is 2. The molecule has 0 bridgehead atoms. The normalized spacial score (nSPS) is 20.1. The number of halogens is 1. The second kappa shape index (κ2) is 9.17. The first kappa shape index (κ1) is 19.6. The van der Waals surface area contributed by atoms with Gasteiger partial charge in [0.15, 0.2) is 0 Å². The molecule has 2 aliphatic rings. The van der Waals surface area contributed by atoms with E-state index >= 15 is 0 Å². The van der Waals surface area contributed by atoms with Crippen molar-refractivity contribution in [1.82, 2.24) is 15.5 Å². The molecule has 1 aliphatic carbocycles. The number of urea groups is 1. The van der Waals surface area contributed by atoms with E-state index < -0.39 is 0 Å². The van der Waals surface area contributed by atoms with E-state index in [1.807, 2.05) is 6.92 Å². The third-order valence-corrected chi connectivity index (χ3v) is 5.61. The molecule has 3 rings (SSSR count). The fourth-order valence-electron chi connectivity index (χ4n) is 3.87. The van der Waals surface area contributed by atoms with Crippen molar-refractivity contribution in [1.29, 1.82) is 0 Å². The molecular weight excluding hydrogens is 347 g/mol. The van der Waals surface area contributed by atoms with Crippen LogP contribution < -0.4 is 15.5 Å². The number of hydrogen-bond donors (Lipinski definition) is 2. The van der Waals surface area contributed by atoms with Gasteiger partial charge in [0.1, 0.15) is 5.82 Å². The van der Waals surface area contributed by atoms with Crippen molar-refractivity contribution in [2.45, 2.75) is 51.1 Å². The van der Waals surface area contributed by atoms with Crippen molar-refractivity contribution in [2.75, 3.05) is 31.1 Å². The third-order valence-electron chi connectivity index (χ3n) is 5.61. The summed E-state index contributed by atoms with van der Waals surface area (Å²) in [6.07, 6.45) is 5.46. The van der Waals surface area contributed by atoms with Crippen LogP contribution in [0.4, 0.5) is 14.9 Å². The van der Waals surface area contributed by atoms with Crippen molar-refractivity contribution < 1.29 is 14.0 Å². The highest BCUT2D eigenvalue weighted by Crippen LogP contribution is 2.18. The maximum Gasteiger partial charge on any atom is 0.321 e. The molecule has 2 fully saturated rings. The van der Waals surface area contributed by atoms with Crippen LogP contribution in [0, 0.1) is 5.82 Å². The minimum atomic E-state index is -0.385. The number of benzene rings is 1. The summed E-state index contributed by atoms with van der Waals surface area (Å²) in [6, 6.07) is 5.90. The van der Waals surface area contributed by atoms with Gasteiger partial charge in [0.05, 0.1) is 6.04 Å². The number of amides is 3. The second-order valence-electron chi connectivity index (χ2n) is 7.47. The lowest BCUT2D eigenvalue weighted by atomic mass is 9.96. The number of anilines is 1. The number of carbonyl (C=O) groups is 2. The summed E-state index contributed by atoms with van der Waals surface area (Å²) in [5.74, 6) is -0.507. The van der Waals surface area contributed by atoms with Gasteiger partial charge >= 0.3 is 6.03 Å². The van der Waals surface area contributed by atoms with E-state index in [0.717, 1.165) is 57.5 Å². The fourth-order valence-corrected chi connectivity index (χ4v) is 3.87. The molecule has 0 spiro atoms. The van der Waals surface area contributed by atoms with Gasteiger partial charge in [-0.25, -0.2) is 9.18 Å². The number of imide groups is 1. The molecule has 1 atom stereocenters. The van der Waals surface area contributed by atoms with Crippen LogP contribution in [0.2, 0.25) is 0 Å². The monoisotopic (exact) mass is 376 g/mol. The fraction of sp³-hybridized carbons (Fsp3) is 0.600. The lowest BCUT2D eigenvalue weighted by molar-refractivity contribution is -0.124. The van der Waals surface area contributed by atoms with Gasteiger partial charge in [0, 0.05) is 37.9 Å². The molecule has 2 N–H and O–H groups in total. The van der Waals surface area contributed by atoms with E-state index in [4.69, 9.17) is 0 Å². The van der Waals surface area contributed by atoms with Crippen LogP contribution in [0.5, 0.6) is 0 Å². The van der Waals surface area contributed by atoms with Gasteiger partial charge < -0.3 is 10.2 Å². The average Bonchev–Trinajstić information content (AvgIpc) is 2.69. The predicted octanol–water partition coefficient (Wildman–Crippen LogP) is 2.49. The van der Waals surface area contributed by atoms with Crippen LogP contribution in [0.25, 0.3) is 0 Å². The third kappa shape index (κ3) is 5.42. The van der Waals surface area contributed by atoms with E-state index in [0.29, 0.717) is 0 Å². The smallest absolute Gasteiger partial charge is 0.321 e. The van der Waals surface area contributed by atoms with Crippen molar-refractivity contribution in [3.8, 4) is 0 Å². The lowest BCUT2D eigenvalue weighted by Crippen LogP contribution is -2.56. The Morgan fingerprint density at radius 3 is 2.30 bits per heavy atom. The van der Waals surface area contributed by atoms with Gasteiger partial charge in [0.25, 0.3) is 0 Å². The summed E-state index contributed by atoms with van der Waals surface area (Å²) in [5.41, 5.74) is 0.986. The Bertz CT molecular complexity index is 638. The van der Waals surface area contributed by atoms with Gasteiger partial charge in [-0.2, -0.15) is 0 Å². The Labute approximate surface area is 160 Å². The molecular formula is C20H29FN4O2. The number of nitrogens with zero attached hydrogens (tertiary/aromatic N) is 2. The Morgan fingerprint density at radius 1 is 1.04 bits per heavy atom. The van der Waals surface area contributed by atoms with Crippen molar-refractivity contribution in [2.24, 2.45) is 0 Å². The summed E-state index contributed by atoms with van der Waals surface area (Å²) in [5, 5.41) is 5.40. The Kier molecular flexibility index (Phi) is 6.66. The molecule has 0 aromatic heterocycles. The summed E-state index contributed by atoms with van der Waals surface area (Å²) >= 11 is 0. The highest BCUT2D eigenvalue weighted by Gasteiger charge is 2.27. The first-order valence-electron chi connectivity index (χ1n) is 9.89. The van der Waals surface area contributed by atoms with E-state index in [9.17, 15) is 14.0 Å². The number of carbonyl (C=O) groups excluding carboxylic acids is 2. The minimum Gasteiger partial charge on any atom is -0.369 e. The zero-order chi connectivity index (χ0) is 19.2. The largest absolute Gasteiger partial charge is 0.369 e. The van der Waals surface area contributed by atoms with E-state index in [2.05, 4.69) is 20.4 Å². The Morgan fingerprint density at radius 2 is 1.67 bits per heavy atom. The maximum atomic E-state index is 13.1. The molecule has 3 amide bonds. The van der Waals surface area contributed by atoms with Gasteiger partial charge in [-0.1, -0.05) is 19.3 Å². The first-order chi connectivity index (χ1) is 13.0. The standard InChI is InChI=1S/C20H29FN4O2/c1-15(19(26)23-20(27)22-17-5-3-2-4-6-17)24-11-13-25(14-12-24)18-9-7-16(21)8-10-18/h7-10,15,17H,2-6,11-14H2,1H3,(H2,22,23,26,27)/t15-/m1/s1. The molecule has 6 nitrogen and oxygen atoms in total. The quantitative estimate of drug-likeness (QED) is 0.847. The average molecular weight is 376 g/mol. The molecule has 0 radical (unpaired) electrons. The maximum absolute atomic E-state index is 13.1. The van der Waals surface area contributed by atoms with Gasteiger partial charge in [-0.3, -0.25) is 15.0 Å². The van der Waals surface area contributed by atoms with Crippen molar-refractivity contribution in [3.63, 3.8) is 0 Å². The van der Waals surface area contributed by atoms with Crippen LogP contribution in [0.3, 0.4) is 0 Å². The molecule has 1 aromatic rings. The molecule has 1 aliphatic heterocycles. The Hall–Kier alpha value is -2.15. The highest BCUT2D eigenvalue weighted by atomic mass is 19.1. The lowest BCUT2D eigenvalue weighted by Gasteiger charge is -2.38. The van der Waals surface area contributed by atoms with Gasteiger partial charge in [-0.15, -0.1) is 0 Å². The zero-order valence-electron chi connectivity index (χ0n) is 15.9. The van der Waals surface area contributed by atoms with Crippen LogP contribution in [0.1, 0.15) is 39.0 Å². The van der Waals surface area contributed by atoms with Gasteiger partial charge in [-0.05, 0) is 44.0 Å². The van der Waals surface area contributed by atoms with Crippen molar-refractivity contribution >= 4 is 17.6 Å². The van der Waals surface area contributed by atoms with Crippen LogP contribution in [-0.2, 0) is 4.79 Å². The zero-order valence-corrected chi connectivity index (χ0v) is 15.9. The SMILES string of the molecule is C[C@H](C(=O)NC(=O)NC1CCCCC1)N1CCN(c2ccc(F)cc2)CC1. The van der Waals surface area contributed by atoms with Crippen molar-refractivity contribution in [3.05, 3.63) is 30.1 Å². The number of rotatable bonds is 4. The molecule has 148 valence electrons. The highest BCUT2D eigenvalue weighted by molar-refractivity contribution is 5.96. The van der Waals surface area contributed by atoms with Gasteiger partial charge in [0.2, 0.25) is 5.91 Å². The molecule has 1 heterocycles. The first-order valence-corrected chi connectivity index (χ1v) is 9.89. The van der Waals surface area contributed by atoms with Crippen LogP contribution in [0.15, 0.2) is 24.3 Å². The number of piperazine rings is 1. The van der Waals surface area contributed by atoms with E-state index in [-0.39, 0.29) is 29.8 Å². The summed E-state index contributed by atoms with van der Waals surface area (Å²) in [7, 11) is 0. The second-order valence-corrected chi connectivity index (χ2v) is 7.47. The molecule has 7 heteroatoms.